The Bertz CT molecular complexity index is 211. The summed E-state index contributed by atoms with van der Waals surface area (Å²) in [5.41, 5.74) is 0. The van der Waals surface area contributed by atoms with Crippen molar-refractivity contribution in [1.29, 1.82) is 0 Å². The van der Waals surface area contributed by atoms with Crippen LogP contribution in [0.1, 0.15) is 90.9 Å². The molecule has 0 radical (unpaired) electrons. The molecule has 1 aliphatic rings. The van der Waals surface area contributed by atoms with Crippen LogP contribution in [0, 0.1) is 5.92 Å². The Morgan fingerprint density at radius 1 is 0.950 bits per heavy atom. The van der Waals surface area contributed by atoms with Gasteiger partial charge in [-0.05, 0) is 38.5 Å². The Labute approximate surface area is 126 Å². The van der Waals surface area contributed by atoms with Gasteiger partial charge in [0.1, 0.15) is 0 Å². The fraction of sp³-hybridized carbons (Fsp3) is 1.00. The fourth-order valence-electron chi connectivity index (χ4n) is 3.26. The maximum absolute atomic E-state index is 10.0. The van der Waals surface area contributed by atoms with Gasteiger partial charge >= 0.3 is 0 Å². The average Bonchev–Trinajstić information content (AvgIpc) is 2.39. The van der Waals surface area contributed by atoms with Crippen molar-refractivity contribution in [3.8, 4) is 0 Å². The first-order valence-corrected chi connectivity index (χ1v) is 9.05. The summed E-state index contributed by atoms with van der Waals surface area (Å²) in [5, 5.41) is 10.0. The molecule has 0 bridgehead atoms. The smallest absolute Gasteiger partial charge is 0.0580 e. The van der Waals surface area contributed by atoms with Gasteiger partial charge in [-0.2, -0.15) is 0 Å². The van der Waals surface area contributed by atoms with Gasteiger partial charge in [-0.1, -0.05) is 58.3 Å². The molecule has 1 saturated carbocycles. The van der Waals surface area contributed by atoms with E-state index in [-0.39, 0.29) is 6.10 Å². The highest BCUT2D eigenvalue weighted by Crippen LogP contribution is 2.34. The van der Waals surface area contributed by atoms with E-state index < -0.39 is 0 Å². The van der Waals surface area contributed by atoms with Crippen LogP contribution in [0.25, 0.3) is 0 Å². The number of aliphatic hydroxyl groups excluding tert-OH is 1. The van der Waals surface area contributed by atoms with Gasteiger partial charge in [0.15, 0.2) is 0 Å². The number of hydrogen-bond donors (Lipinski definition) is 1. The van der Waals surface area contributed by atoms with E-state index in [1.165, 1.54) is 64.2 Å². The van der Waals surface area contributed by atoms with Crippen molar-refractivity contribution in [2.45, 2.75) is 103 Å². The van der Waals surface area contributed by atoms with Gasteiger partial charge in [0, 0.05) is 6.61 Å². The standard InChI is InChI=1S/C18H36O2/c1-3-5-6-7-8-9-10-11-12-17(19)13-16-14-18(15-16)20-4-2/h16-19H,3-15H2,1-2H3. The second-order valence-corrected chi connectivity index (χ2v) is 6.57. The minimum atomic E-state index is -0.0670. The van der Waals surface area contributed by atoms with Gasteiger partial charge in [-0.25, -0.2) is 0 Å². The van der Waals surface area contributed by atoms with Crippen LogP contribution in [0.3, 0.4) is 0 Å². The molecule has 1 aliphatic carbocycles. The van der Waals surface area contributed by atoms with Gasteiger partial charge in [0.2, 0.25) is 0 Å². The normalized spacial score (nSPS) is 23.6. The minimum absolute atomic E-state index is 0.0670. The first-order valence-electron chi connectivity index (χ1n) is 9.05. The second kappa shape index (κ2) is 11.6. The molecule has 1 fully saturated rings. The third-order valence-electron chi connectivity index (χ3n) is 4.59. The van der Waals surface area contributed by atoms with E-state index in [4.69, 9.17) is 4.74 Å². The van der Waals surface area contributed by atoms with Crippen molar-refractivity contribution in [1.82, 2.24) is 0 Å². The van der Waals surface area contributed by atoms with E-state index in [9.17, 15) is 5.11 Å². The number of hydrogen-bond acceptors (Lipinski definition) is 2. The van der Waals surface area contributed by atoms with Gasteiger partial charge in [0.05, 0.1) is 12.2 Å². The van der Waals surface area contributed by atoms with Gasteiger partial charge in [-0.3, -0.25) is 0 Å². The zero-order chi connectivity index (χ0) is 14.6. The molecule has 0 spiro atoms. The topological polar surface area (TPSA) is 29.5 Å². The lowest BCUT2D eigenvalue weighted by Crippen LogP contribution is -2.33. The van der Waals surface area contributed by atoms with Crippen molar-refractivity contribution in [2.75, 3.05) is 6.61 Å². The van der Waals surface area contributed by atoms with Crippen molar-refractivity contribution in [2.24, 2.45) is 5.92 Å². The van der Waals surface area contributed by atoms with Gasteiger partial charge in [-0.15, -0.1) is 0 Å². The summed E-state index contributed by atoms with van der Waals surface area (Å²) in [6.07, 6.45) is 15.5. The van der Waals surface area contributed by atoms with Gasteiger partial charge < -0.3 is 9.84 Å². The van der Waals surface area contributed by atoms with Gasteiger partial charge in [0.25, 0.3) is 0 Å². The van der Waals surface area contributed by atoms with Crippen LogP contribution in [0.5, 0.6) is 0 Å². The summed E-state index contributed by atoms with van der Waals surface area (Å²) in [7, 11) is 0. The van der Waals surface area contributed by atoms with E-state index in [0.29, 0.717) is 6.10 Å². The summed E-state index contributed by atoms with van der Waals surface area (Å²) in [6.45, 7) is 5.16. The van der Waals surface area contributed by atoms with E-state index in [0.717, 1.165) is 25.4 Å². The number of rotatable bonds is 13. The molecule has 2 nitrogen and oxygen atoms in total. The lowest BCUT2D eigenvalue weighted by molar-refractivity contribution is -0.0384. The third-order valence-corrected chi connectivity index (χ3v) is 4.59. The van der Waals surface area contributed by atoms with Crippen LogP contribution in [0.2, 0.25) is 0 Å². The molecule has 1 unspecified atom stereocenters. The van der Waals surface area contributed by atoms with Crippen LogP contribution in [0.4, 0.5) is 0 Å². The zero-order valence-electron chi connectivity index (χ0n) is 13.8. The molecule has 0 aromatic rings. The molecule has 20 heavy (non-hydrogen) atoms. The van der Waals surface area contributed by atoms with Crippen LogP contribution < -0.4 is 0 Å². The Morgan fingerprint density at radius 2 is 1.55 bits per heavy atom. The number of ether oxygens (including phenoxy) is 1. The summed E-state index contributed by atoms with van der Waals surface area (Å²) < 4.78 is 5.56. The Kier molecular flexibility index (Phi) is 10.4. The quantitative estimate of drug-likeness (QED) is 0.478. The van der Waals surface area contributed by atoms with Crippen LogP contribution in [0.15, 0.2) is 0 Å². The lowest BCUT2D eigenvalue weighted by Gasteiger charge is -2.36. The summed E-state index contributed by atoms with van der Waals surface area (Å²) in [6, 6.07) is 0. The molecule has 1 atom stereocenters. The Hall–Kier alpha value is -0.0800. The molecule has 1 rings (SSSR count). The average molecular weight is 284 g/mol. The summed E-state index contributed by atoms with van der Waals surface area (Å²) >= 11 is 0. The van der Waals surface area contributed by atoms with Crippen molar-refractivity contribution >= 4 is 0 Å². The zero-order valence-corrected chi connectivity index (χ0v) is 13.8. The first kappa shape index (κ1) is 18.0. The molecule has 120 valence electrons. The molecule has 0 saturated heterocycles. The molecule has 0 amide bonds. The Morgan fingerprint density at radius 3 is 2.15 bits per heavy atom. The molecule has 0 aromatic heterocycles. The molecular formula is C18H36O2. The largest absolute Gasteiger partial charge is 0.393 e. The molecule has 0 aromatic carbocycles. The predicted octanol–water partition coefficient (Wildman–Crippen LogP) is 5.08. The highest BCUT2D eigenvalue weighted by Gasteiger charge is 2.30. The lowest BCUT2D eigenvalue weighted by atomic mass is 9.78. The van der Waals surface area contributed by atoms with Crippen molar-refractivity contribution in [3.63, 3.8) is 0 Å². The fourth-order valence-corrected chi connectivity index (χ4v) is 3.26. The predicted molar refractivity (Wildman–Crippen MR) is 86.0 cm³/mol. The molecule has 2 heteroatoms. The molecular weight excluding hydrogens is 248 g/mol. The summed E-state index contributed by atoms with van der Waals surface area (Å²) in [4.78, 5) is 0. The SMILES string of the molecule is CCCCCCCCCCC(O)CC1CC(OCC)C1. The molecule has 0 aliphatic heterocycles. The minimum Gasteiger partial charge on any atom is -0.393 e. The Balaban J connectivity index is 1.83. The van der Waals surface area contributed by atoms with E-state index in [2.05, 4.69) is 13.8 Å². The molecule has 0 heterocycles. The summed E-state index contributed by atoms with van der Waals surface area (Å²) in [5.74, 6) is 0.718. The van der Waals surface area contributed by atoms with Crippen molar-refractivity contribution in [3.05, 3.63) is 0 Å². The van der Waals surface area contributed by atoms with E-state index >= 15 is 0 Å². The monoisotopic (exact) mass is 284 g/mol. The van der Waals surface area contributed by atoms with Crippen LogP contribution in [-0.4, -0.2) is 23.9 Å². The maximum Gasteiger partial charge on any atom is 0.0580 e. The second-order valence-electron chi connectivity index (χ2n) is 6.57. The highest BCUT2D eigenvalue weighted by molar-refractivity contribution is 4.82. The maximum atomic E-state index is 10.0. The highest BCUT2D eigenvalue weighted by atomic mass is 16.5. The van der Waals surface area contributed by atoms with E-state index in [1.54, 1.807) is 0 Å². The van der Waals surface area contributed by atoms with E-state index in [1.807, 2.05) is 0 Å². The van der Waals surface area contributed by atoms with Crippen LogP contribution in [-0.2, 0) is 4.74 Å². The number of unbranched alkanes of at least 4 members (excludes halogenated alkanes) is 7. The third kappa shape index (κ3) is 8.26. The van der Waals surface area contributed by atoms with Crippen molar-refractivity contribution < 1.29 is 9.84 Å². The molecule has 1 N–H and O–H groups in total. The number of aliphatic hydroxyl groups is 1. The first-order chi connectivity index (χ1) is 9.76. The van der Waals surface area contributed by atoms with Crippen LogP contribution >= 0.6 is 0 Å².